The van der Waals surface area contributed by atoms with Gasteiger partial charge in [-0.3, -0.25) is 0 Å². The molecule has 128 valence electrons. The fourth-order valence-electron chi connectivity index (χ4n) is 2.07. The third-order valence-corrected chi connectivity index (χ3v) is 3.60. The third kappa shape index (κ3) is 4.55. The molecule has 0 aliphatic heterocycles. The number of carbonyl (C=O) groups excluding carboxylic acids is 1. The number of hydrogen-bond donors (Lipinski definition) is 2. The molecule has 0 saturated heterocycles. The van der Waals surface area contributed by atoms with E-state index in [9.17, 15) is 4.79 Å². The first-order chi connectivity index (χ1) is 11.5. The summed E-state index contributed by atoms with van der Waals surface area (Å²) in [5.41, 5.74) is 2.84. The maximum absolute atomic E-state index is 12.0. The second-order valence-electron chi connectivity index (χ2n) is 5.23. The monoisotopic (exact) mass is 330 g/mol. The maximum atomic E-state index is 12.0. The van der Waals surface area contributed by atoms with Crippen LogP contribution in [0.5, 0.6) is 17.2 Å². The maximum Gasteiger partial charge on any atom is 0.321 e. The Kier molecular flexibility index (Phi) is 5.89. The van der Waals surface area contributed by atoms with Gasteiger partial charge in [0.1, 0.15) is 17.2 Å². The zero-order chi connectivity index (χ0) is 17.5. The van der Waals surface area contributed by atoms with Crippen LogP contribution in [0.25, 0.3) is 0 Å². The van der Waals surface area contributed by atoms with Gasteiger partial charge in [0.05, 0.1) is 19.9 Å². The zero-order valence-electron chi connectivity index (χ0n) is 14.3. The number of hydrogen-bond acceptors (Lipinski definition) is 4. The van der Waals surface area contributed by atoms with Crippen molar-refractivity contribution in [3.05, 3.63) is 47.5 Å². The molecule has 0 aromatic heterocycles. The second kappa shape index (κ2) is 8.10. The number of benzene rings is 2. The van der Waals surface area contributed by atoms with Crippen molar-refractivity contribution in [1.29, 1.82) is 0 Å². The van der Waals surface area contributed by atoms with Crippen LogP contribution in [0.2, 0.25) is 0 Å². The van der Waals surface area contributed by atoms with Crippen molar-refractivity contribution in [2.45, 2.75) is 13.8 Å². The molecule has 0 unspecified atom stereocenters. The van der Waals surface area contributed by atoms with Crippen molar-refractivity contribution in [3.63, 3.8) is 0 Å². The predicted molar refractivity (Wildman–Crippen MR) is 93.1 cm³/mol. The predicted octanol–water partition coefficient (Wildman–Crippen LogP) is 3.48. The summed E-state index contributed by atoms with van der Waals surface area (Å²) >= 11 is 0. The summed E-state index contributed by atoms with van der Waals surface area (Å²) in [4.78, 5) is 12.0. The molecule has 24 heavy (non-hydrogen) atoms. The number of nitrogens with one attached hydrogen (secondary N) is 2. The lowest BCUT2D eigenvalue weighted by Gasteiger charge is -2.13. The van der Waals surface area contributed by atoms with E-state index in [1.54, 1.807) is 25.3 Å². The number of carbonyl (C=O) groups is 1. The molecule has 0 heterocycles. The highest BCUT2D eigenvalue weighted by Gasteiger charge is 2.09. The van der Waals surface area contributed by atoms with Gasteiger partial charge in [0, 0.05) is 6.07 Å². The fourth-order valence-corrected chi connectivity index (χ4v) is 2.07. The third-order valence-electron chi connectivity index (χ3n) is 3.60. The van der Waals surface area contributed by atoms with Gasteiger partial charge in [-0.25, -0.2) is 4.79 Å². The van der Waals surface area contributed by atoms with E-state index in [0.717, 1.165) is 5.56 Å². The van der Waals surface area contributed by atoms with Gasteiger partial charge in [-0.15, -0.1) is 0 Å². The van der Waals surface area contributed by atoms with Gasteiger partial charge < -0.3 is 24.8 Å². The van der Waals surface area contributed by atoms with E-state index in [2.05, 4.69) is 10.6 Å². The molecule has 0 aliphatic rings. The Hall–Kier alpha value is -2.89. The zero-order valence-corrected chi connectivity index (χ0v) is 14.3. The smallest absolute Gasteiger partial charge is 0.321 e. The van der Waals surface area contributed by atoms with Gasteiger partial charge in [0.15, 0.2) is 6.73 Å². The topological polar surface area (TPSA) is 68.8 Å². The number of rotatable bonds is 6. The highest BCUT2D eigenvalue weighted by atomic mass is 16.5. The van der Waals surface area contributed by atoms with Gasteiger partial charge in [-0.2, -0.15) is 0 Å². The first kappa shape index (κ1) is 17.5. The Balaban J connectivity index is 1.90. The van der Waals surface area contributed by atoms with Crippen molar-refractivity contribution < 1.29 is 19.0 Å². The highest BCUT2D eigenvalue weighted by molar-refractivity contribution is 5.91. The van der Waals surface area contributed by atoms with E-state index in [4.69, 9.17) is 14.2 Å². The number of ether oxygens (including phenoxy) is 3. The number of aryl methyl sites for hydroxylation is 2. The van der Waals surface area contributed by atoms with Crippen molar-refractivity contribution in [2.24, 2.45) is 0 Å². The summed E-state index contributed by atoms with van der Waals surface area (Å²) in [6.45, 7) is 4.10. The molecule has 6 nitrogen and oxygen atoms in total. The molecular weight excluding hydrogens is 308 g/mol. The number of amides is 2. The van der Waals surface area contributed by atoms with Crippen LogP contribution in [0, 0.1) is 13.8 Å². The number of anilines is 1. The summed E-state index contributed by atoms with van der Waals surface area (Å²) in [5, 5.41) is 5.34. The lowest BCUT2D eigenvalue weighted by molar-refractivity contribution is 0.234. The average Bonchev–Trinajstić information content (AvgIpc) is 2.58. The lowest BCUT2D eigenvalue weighted by Crippen LogP contribution is -2.32. The van der Waals surface area contributed by atoms with Crippen LogP contribution >= 0.6 is 0 Å². The normalized spacial score (nSPS) is 10.0. The van der Waals surface area contributed by atoms with Crippen molar-refractivity contribution in [1.82, 2.24) is 5.32 Å². The molecule has 2 rings (SSSR count). The van der Waals surface area contributed by atoms with Gasteiger partial charge in [-0.1, -0.05) is 6.07 Å². The van der Waals surface area contributed by atoms with E-state index in [1.807, 2.05) is 32.0 Å². The molecule has 2 amide bonds. The Bertz CT molecular complexity index is 716. The summed E-state index contributed by atoms with van der Waals surface area (Å²) in [5.74, 6) is 1.87. The minimum absolute atomic E-state index is 0.0562. The minimum atomic E-state index is -0.398. The molecule has 0 saturated carbocycles. The molecule has 0 bridgehead atoms. The van der Waals surface area contributed by atoms with Crippen LogP contribution in [0.1, 0.15) is 11.1 Å². The number of methoxy groups -OCH3 is 2. The van der Waals surface area contributed by atoms with Gasteiger partial charge in [0.25, 0.3) is 0 Å². The van der Waals surface area contributed by atoms with E-state index < -0.39 is 6.03 Å². The van der Waals surface area contributed by atoms with Gasteiger partial charge >= 0.3 is 6.03 Å². The summed E-state index contributed by atoms with van der Waals surface area (Å²) < 4.78 is 15.9. The van der Waals surface area contributed by atoms with Crippen molar-refractivity contribution in [2.75, 3.05) is 26.3 Å². The fraction of sp³-hybridized carbons (Fsp3) is 0.278. The molecule has 2 N–H and O–H groups in total. The quantitative estimate of drug-likeness (QED) is 0.796. The molecule has 0 fully saturated rings. The first-order valence-electron chi connectivity index (χ1n) is 7.50. The van der Waals surface area contributed by atoms with Crippen LogP contribution in [0.4, 0.5) is 10.5 Å². The molecule has 0 spiro atoms. The molecule has 0 aliphatic carbocycles. The molecule has 2 aromatic carbocycles. The average molecular weight is 330 g/mol. The molecule has 0 atom stereocenters. The Labute approximate surface area is 141 Å². The van der Waals surface area contributed by atoms with Crippen LogP contribution in [-0.2, 0) is 0 Å². The SMILES string of the molecule is COc1ccc(OC)c(NC(=O)NCOc2ccc(C)c(C)c2)c1. The Morgan fingerprint density at radius 3 is 2.38 bits per heavy atom. The largest absolute Gasteiger partial charge is 0.497 e. The lowest BCUT2D eigenvalue weighted by atomic mass is 10.1. The van der Waals surface area contributed by atoms with Crippen LogP contribution in [-0.4, -0.2) is 27.0 Å². The standard InChI is InChI=1S/C18H22N2O4/c1-12-5-6-15(9-13(12)2)24-11-19-18(21)20-16-10-14(22-3)7-8-17(16)23-4/h5-10H,11H2,1-4H3,(H2,19,20,21). The molecule has 2 aromatic rings. The summed E-state index contributed by atoms with van der Waals surface area (Å²) in [6.07, 6.45) is 0. The van der Waals surface area contributed by atoms with Crippen LogP contribution in [0.3, 0.4) is 0 Å². The van der Waals surface area contributed by atoms with E-state index in [1.165, 1.54) is 12.7 Å². The van der Waals surface area contributed by atoms with Gasteiger partial charge in [-0.05, 0) is 49.2 Å². The second-order valence-corrected chi connectivity index (χ2v) is 5.23. The highest BCUT2D eigenvalue weighted by Crippen LogP contribution is 2.28. The van der Waals surface area contributed by atoms with Crippen LogP contribution < -0.4 is 24.8 Å². The van der Waals surface area contributed by atoms with E-state index in [-0.39, 0.29) is 6.73 Å². The van der Waals surface area contributed by atoms with E-state index >= 15 is 0 Å². The molecular formula is C18H22N2O4. The van der Waals surface area contributed by atoms with Crippen LogP contribution in [0.15, 0.2) is 36.4 Å². The van der Waals surface area contributed by atoms with E-state index in [0.29, 0.717) is 22.9 Å². The van der Waals surface area contributed by atoms with Crippen molar-refractivity contribution >= 4 is 11.7 Å². The first-order valence-corrected chi connectivity index (χ1v) is 7.50. The molecule has 0 radical (unpaired) electrons. The Morgan fingerprint density at radius 1 is 0.958 bits per heavy atom. The summed E-state index contributed by atoms with van der Waals surface area (Å²) in [6, 6.07) is 10.5. The summed E-state index contributed by atoms with van der Waals surface area (Å²) in [7, 11) is 3.09. The minimum Gasteiger partial charge on any atom is -0.497 e. The Morgan fingerprint density at radius 2 is 1.71 bits per heavy atom. The van der Waals surface area contributed by atoms with Crippen molar-refractivity contribution in [3.8, 4) is 17.2 Å². The number of urea groups is 1. The van der Waals surface area contributed by atoms with Gasteiger partial charge in [0.2, 0.25) is 0 Å². The molecule has 6 heteroatoms.